The summed E-state index contributed by atoms with van der Waals surface area (Å²) in [6, 6.07) is 3.50. The quantitative estimate of drug-likeness (QED) is 0.827. The second kappa shape index (κ2) is 6.52. The van der Waals surface area contributed by atoms with Crippen LogP contribution in [-0.4, -0.2) is 22.5 Å². The van der Waals surface area contributed by atoms with Gasteiger partial charge in [0.25, 0.3) is 0 Å². The molecule has 0 saturated heterocycles. The smallest absolute Gasteiger partial charge is 0.244 e. The van der Waals surface area contributed by atoms with Crippen LogP contribution in [0.4, 0.5) is 5.69 Å². The van der Waals surface area contributed by atoms with E-state index in [9.17, 15) is 4.79 Å². The van der Waals surface area contributed by atoms with Gasteiger partial charge >= 0.3 is 0 Å². The Morgan fingerprint density at radius 3 is 2.84 bits per heavy atom. The lowest BCUT2D eigenvalue weighted by atomic mass is 9.96. The molecule has 1 amide bonds. The molecular weight excluding hydrogens is 242 g/mol. The Morgan fingerprint density at radius 1 is 1.58 bits per heavy atom. The van der Waals surface area contributed by atoms with Gasteiger partial charge in [-0.3, -0.25) is 4.79 Å². The largest absolute Gasteiger partial charge is 0.473 e. The van der Waals surface area contributed by atoms with Crippen molar-refractivity contribution in [1.29, 1.82) is 0 Å². The monoisotopic (exact) mass is 265 g/mol. The van der Waals surface area contributed by atoms with Crippen LogP contribution in [0.3, 0.4) is 0 Å². The molecule has 5 nitrogen and oxygen atoms in total. The van der Waals surface area contributed by atoms with Crippen molar-refractivity contribution in [2.75, 3.05) is 5.32 Å². The summed E-state index contributed by atoms with van der Waals surface area (Å²) in [6.07, 6.45) is 3.09. The van der Waals surface area contributed by atoms with Gasteiger partial charge in [0.2, 0.25) is 11.8 Å². The molecule has 106 valence electrons. The van der Waals surface area contributed by atoms with Crippen LogP contribution in [0, 0.1) is 0 Å². The Kier molecular flexibility index (Phi) is 5.30. The fourth-order valence-corrected chi connectivity index (χ4v) is 1.70. The zero-order chi connectivity index (χ0) is 14.5. The molecule has 0 bridgehead atoms. The van der Waals surface area contributed by atoms with E-state index in [1.807, 2.05) is 20.8 Å². The van der Waals surface area contributed by atoms with E-state index in [-0.39, 0.29) is 12.0 Å². The summed E-state index contributed by atoms with van der Waals surface area (Å²) in [6.45, 7) is 7.54. The molecular formula is C14H23N3O2. The summed E-state index contributed by atoms with van der Waals surface area (Å²) >= 11 is 0. The fraction of sp³-hybridized carbons (Fsp3) is 0.571. The molecule has 0 radical (unpaired) electrons. The predicted octanol–water partition coefficient (Wildman–Crippen LogP) is 2.32. The number of carbonyl (C=O) groups excluding carboxylic acids is 1. The number of pyridine rings is 1. The van der Waals surface area contributed by atoms with Crippen molar-refractivity contribution in [2.45, 2.75) is 52.2 Å². The Hall–Kier alpha value is -1.62. The van der Waals surface area contributed by atoms with Gasteiger partial charge in [-0.1, -0.05) is 13.3 Å². The minimum Gasteiger partial charge on any atom is -0.473 e. The molecule has 0 spiro atoms. The van der Waals surface area contributed by atoms with Gasteiger partial charge in [0.05, 0.1) is 11.6 Å². The van der Waals surface area contributed by atoms with Crippen molar-refractivity contribution >= 4 is 11.6 Å². The number of nitrogens with one attached hydrogen (secondary N) is 1. The summed E-state index contributed by atoms with van der Waals surface area (Å²) in [4.78, 5) is 16.3. The lowest BCUT2D eigenvalue weighted by Crippen LogP contribution is -2.48. The SMILES string of the molecule is CCCC(C)(N)C(=O)Nc1cccnc1OC(C)C. The first-order valence-corrected chi connectivity index (χ1v) is 6.59. The van der Waals surface area contributed by atoms with Crippen molar-refractivity contribution < 1.29 is 9.53 Å². The van der Waals surface area contributed by atoms with E-state index in [1.54, 1.807) is 25.3 Å². The molecule has 1 atom stereocenters. The van der Waals surface area contributed by atoms with Gasteiger partial charge in [0, 0.05) is 6.20 Å². The van der Waals surface area contributed by atoms with Crippen molar-refractivity contribution in [3.63, 3.8) is 0 Å². The molecule has 1 unspecified atom stereocenters. The number of carbonyl (C=O) groups is 1. The Bertz CT molecular complexity index is 430. The van der Waals surface area contributed by atoms with E-state index < -0.39 is 5.54 Å². The van der Waals surface area contributed by atoms with Crippen LogP contribution in [-0.2, 0) is 4.79 Å². The van der Waals surface area contributed by atoms with Gasteiger partial charge in [-0.05, 0) is 39.3 Å². The van der Waals surface area contributed by atoms with Crippen LogP contribution >= 0.6 is 0 Å². The lowest BCUT2D eigenvalue weighted by molar-refractivity contribution is -0.120. The van der Waals surface area contributed by atoms with Gasteiger partial charge < -0.3 is 15.8 Å². The van der Waals surface area contributed by atoms with E-state index in [0.717, 1.165) is 6.42 Å². The number of rotatable bonds is 6. The van der Waals surface area contributed by atoms with Gasteiger partial charge in [0.15, 0.2) is 0 Å². The average molecular weight is 265 g/mol. The number of anilines is 1. The number of nitrogens with zero attached hydrogens (tertiary/aromatic N) is 1. The molecule has 3 N–H and O–H groups in total. The second-order valence-electron chi connectivity index (χ2n) is 5.14. The molecule has 1 rings (SSSR count). The third-order valence-corrected chi connectivity index (χ3v) is 2.65. The van der Waals surface area contributed by atoms with Crippen molar-refractivity contribution in [3.8, 4) is 5.88 Å². The number of amides is 1. The number of hydrogen-bond acceptors (Lipinski definition) is 4. The number of hydrogen-bond donors (Lipinski definition) is 2. The zero-order valence-electron chi connectivity index (χ0n) is 12.1. The fourth-order valence-electron chi connectivity index (χ4n) is 1.70. The topological polar surface area (TPSA) is 77.2 Å². The maximum Gasteiger partial charge on any atom is 0.244 e. The zero-order valence-corrected chi connectivity index (χ0v) is 12.1. The van der Waals surface area contributed by atoms with E-state index >= 15 is 0 Å². The highest BCUT2D eigenvalue weighted by Gasteiger charge is 2.28. The highest BCUT2D eigenvalue weighted by Crippen LogP contribution is 2.23. The average Bonchev–Trinajstić information content (AvgIpc) is 2.30. The summed E-state index contributed by atoms with van der Waals surface area (Å²) in [7, 11) is 0. The van der Waals surface area contributed by atoms with E-state index in [4.69, 9.17) is 10.5 Å². The van der Waals surface area contributed by atoms with Crippen molar-refractivity contribution in [1.82, 2.24) is 4.98 Å². The maximum atomic E-state index is 12.1. The number of aromatic nitrogens is 1. The molecule has 1 heterocycles. The van der Waals surface area contributed by atoms with E-state index in [1.165, 1.54) is 0 Å². The maximum absolute atomic E-state index is 12.1. The molecule has 5 heteroatoms. The third kappa shape index (κ3) is 4.52. The molecule has 0 aliphatic heterocycles. The van der Waals surface area contributed by atoms with Crippen molar-refractivity contribution in [3.05, 3.63) is 18.3 Å². The molecule has 0 saturated carbocycles. The van der Waals surface area contributed by atoms with Crippen LogP contribution < -0.4 is 15.8 Å². The molecule has 1 aromatic rings. The number of nitrogens with two attached hydrogens (primary N) is 1. The first-order chi connectivity index (χ1) is 8.86. The minimum atomic E-state index is -0.889. The van der Waals surface area contributed by atoms with Crippen LogP contribution in [0.2, 0.25) is 0 Å². The highest BCUT2D eigenvalue weighted by atomic mass is 16.5. The van der Waals surface area contributed by atoms with Crippen LogP contribution in [0.5, 0.6) is 5.88 Å². The van der Waals surface area contributed by atoms with E-state index in [2.05, 4.69) is 10.3 Å². The van der Waals surface area contributed by atoms with Crippen LogP contribution in [0.1, 0.15) is 40.5 Å². The van der Waals surface area contributed by atoms with Gasteiger partial charge in [0.1, 0.15) is 5.69 Å². The van der Waals surface area contributed by atoms with Crippen LogP contribution in [0.15, 0.2) is 18.3 Å². The Morgan fingerprint density at radius 2 is 2.26 bits per heavy atom. The summed E-state index contributed by atoms with van der Waals surface area (Å²) < 4.78 is 5.55. The predicted molar refractivity (Wildman–Crippen MR) is 76.1 cm³/mol. The number of ether oxygens (including phenoxy) is 1. The van der Waals surface area contributed by atoms with E-state index in [0.29, 0.717) is 18.0 Å². The normalized spacial score (nSPS) is 14.0. The lowest BCUT2D eigenvalue weighted by Gasteiger charge is -2.23. The standard InChI is InChI=1S/C14H23N3O2/c1-5-8-14(4,15)13(18)17-11-7-6-9-16-12(11)19-10(2)3/h6-7,9-10H,5,8,15H2,1-4H3,(H,17,18). The second-order valence-corrected chi connectivity index (χ2v) is 5.14. The molecule has 1 aromatic heterocycles. The summed E-state index contributed by atoms with van der Waals surface area (Å²) in [5.41, 5.74) is 5.66. The first kappa shape index (κ1) is 15.4. The van der Waals surface area contributed by atoms with Crippen LogP contribution in [0.25, 0.3) is 0 Å². The molecule has 0 fully saturated rings. The van der Waals surface area contributed by atoms with Crippen molar-refractivity contribution in [2.24, 2.45) is 5.73 Å². The minimum absolute atomic E-state index is 0.00884. The molecule has 0 aliphatic carbocycles. The molecule has 0 aromatic carbocycles. The van der Waals surface area contributed by atoms with Gasteiger partial charge in [-0.15, -0.1) is 0 Å². The molecule has 19 heavy (non-hydrogen) atoms. The highest BCUT2D eigenvalue weighted by molar-refractivity contribution is 5.98. The Labute approximate surface area is 114 Å². The van der Waals surface area contributed by atoms with Gasteiger partial charge in [-0.25, -0.2) is 4.98 Å². The summed E-state index contributed by atoms with van der Waals surface area (Å²) in [5.74, 6) is 0.189. The first-order valence-electron chi connectivity index (χ1n) is 6.59. The Balaban J connectivity index is 2.84. The third-order valence-electron chi connectivity index (χ3n) is 2.65. The van der Waals surface area contributed by atoms with Gasteiger partial charge in [-0.2, -0.15) is 0 Å². The summed E-state index contributed by atoms with van der Waals surface area (Å²) in [5, 5.41) is 2.79. The molecule has 0 aliphatic rings.